The molecular weight excluding hydrogens is 410 g/mol. The van der Waals surface area contributed by atoms with Crippen LogP contribution in [0.1, 0.15) is 34.9 Å². The fraction of sp³-hybridized carbons (Fsp3) is 0.217. The summed E-state index contributed by atoms with van der Waals surface area (Å²) in [5, 5.41) is 21.9. The highest BCUT2D eigenvalue weighted by atomic mass is 32.2. The van der Waals surface area contributed by atoms with E-state index in [2.05, 4.69) is 32.4 Å². The maximum atomic E-state index is 10.3. The van der Waals surface area contributed by atoms with Crippen LogP contribution in [0, 0.1) is 0 Å². The van der Waals surface area contributed by atoms with Gasteiger partial charge in [-0.2, -0.15) is 0 Å². The van der Waals surface area contributed by atoms with E-state index in [4.69, 9.17) is 4.42 Å². The van der Waals surface area contributed by atoms with Crippen molar-refractivity contribution in [3.8, 4) is 17.2 Å². The fourth-order valence-corrected chi connectivity index (χ4v) is 4.10. The van der Waals surface area contributed by atoms with E-state index in [9.17, 15) is 5.11 Å². The lowest BCUT2D eigenvalue weighted by Gasteiger charge is -2.13. The fourth-order valence-electron chi connectivity index (χ4n) is 3.15. The Labute approximate surface area is 185 Å². The molecular formula is C23H23N5O2S. The first-order chi connectivity index (χ1) is 15.2. The number of benzene rings is 2. The molecule has 0 aliphatic carbocycles. The Kier molecular flexibility index (Phi) is 6.91. The molecule has 2 heterocycles. The zero-order chi connectivity index (χ0) is 21.5. The highest BCUT2D eigenvalue weighted by Gasteiger charge is 2.23. The first-order valence-corrected chi connectivity index (χ1v) is 11.1. The third-order valence-electron chi connectivity index (χ3n) is 4.70. The van der Waals surface area contributed by atoms with Crippen molar-refractivity contribution in [2.75, 3.05) is 5.75 Å². The van der Waals surface area contributed by atoms with Crippen LogP contribution in [0.3, 0.4) is 0 Å². The van der Waals surface area contributed by atoms with Gasteiger partial charge in [0, 0.05) is 30.4 Å². The number of nitrogens with one attached hydrogen (secondary N) is 1. The van der Waals surface area contributed by atoms with Crippen LogP contribution in [0.5, 0.6) is 5.75 Å². The Morgan fingerprint density at radius 3 is 2.61 bits per heavy atom. The van der Waals surface area contributed by atoms with Crippen molar-refractivity contribution in [2.45, 2.75) is 25.3 Å². The van der Waals surface area contributed by atoms with Crippen molar-refractivity contribution in [1.29, 1.82) is 0 Å². The monoisotopic (exact) mass is 433 g/mol. The molecule has 0 aliphatic heterocycles. The molecule has 1 atom stereocenters. The molecule has 4 rings (SSSR count). The van der Waals surface area contributed by atoms with Crippen LogP contribution in [-0.4, -0.2) is 31.0 Å². The normalized spacial score (nSPS) is 12.0. The molecule has 1 unspecified atom stereocenters. The van der Waals surface area contributed by atoms with Gasteiger partial charge in [-0.3, -0.25) is 0 Å². The third-order valence-corrected chi connectivity index (χ3v) is 5.82. The smallest absolute Gasteiger partial charge is 0.247 e. The number of para-hydroxylation sites is 1. The SMILES string of the molecule is CCSC(c1nnc(-c2ccc(CNCc3ccncn3)cc2)o1)c1ccccc1O. The lowest BCUT2D eigenvalue weighted by atomic mass is 10.1. The Morgan fingerprint density at radius 2 is 1.87 bits per heavy atom. The molecule has 0 fully saturated rings. The predicted octanol–water partition coefficient (Wildman–Crippen LogP) is 4.36. The van der Waals surface area contributed by atoms with Gasteiger partial charge in [0.25, 0.3) is 0 Å². The topological polar surface area (TPSA) is 97.0 Å². The highest BCUT2D eigenvalue weighted by molar-refractivity contribution is 7.99. The summed E-state index contributed by atoms with van der Waals surface area (Å²) in [5.74, 6) is 2.03. The molecule has 7 nitrogen and oxygen atoms in total. The molecule has 4 aromatic rings. The molecule has 2 aromatic heterocycles. The van der Waals surface area contributed by atoms with Gasteiger partial charge in [-0.25, -0.2) is 9.97 Å². The average molecular weight is 434 g/mol. The third kappa shape index (κ3) is 5.28. The Balaban J connectivity index is 1.44. The number of hydrogen-bond acceptors (Lipinski definition) is 8. The molecule has 0 amide bonds. The largest absolute Gasteiger partial charge is 0.508 e. The summed E-state index contributed by atoms with van der Waals surface area (Å²) >= 11 is 1.64. The molecule has 158 valence electrons. The van der Waals surface area contributed by atoms with Crippen molar-refractivity contribution in [3.05, 3.63) is 89.8 Å². The number of nitrogens with zero attached hydrogens (tertiary/aromatic N) is 4. The first-order valence-electron chi connectivity index (χ1n) is 10.0. The summed E-state index contributed by atoms with van der Waals surface area (Å²) in [6.45, 7) is 3.47. The van der Waals surface area contributed by atoms with Gasteiger partial charge in [-0.1, -0.05) is 37.3 Å². The van der Waals surface area contributed by atoms with Gasteiger partial charge in [0.2, 0.25) is 11.8 Å². The molecule has 0 radical (unpaired) electrons. The average Bonchev–Trinajstić information content (AvgIpc) is 3.29. The van der Waals surface area contributed by atoms with Gasteiger partial charge < -0.3 is 14.8 Å². The molecule has 0 bridgehead atoms. The number of aromatic nitrogens is 4. The van der Waals surface area contributed by atoms with Crippen LogP contribution >= 0.6 is 11.8 Å². The maximum absolute atomic E-state index is 10.3. The maximum Gasteiger partial charge on any atom is 0.247 e. The van der Waals surface area contributed by atoms with Crippen LogP contribution in [0.2, 0.25) is 0 Å². The van der Waals surface area contributed by atoms with Crippen molar-refractivity contribution < 1.29 is 9.52 Å². The quantitative estimate of drug-likeness (QED) is 0.402. The van der Waals surface area contributed by atoms with Gasteiger partial charge in [-0.05, 0) is 35.6 Å². The summed E-state index contributed by atoms with van der Waals surface area (Å²) in [4.78, 5) is 8.12. The number of aromatic hydroxyl groups is 1. The Morgan fingerprint density at radius 1 is 1.03 bits per heavy atom. The molecule has 2 aromatic carbocycles. The minimum absolute atomic E-state index is 0.210. The van der Waals surface area contributed by atoms with Crippen LogP contribution in [-0.2, 0) is 13.1 Å². The molecule has 0 aliphatic rings. The van der Waals surface area contributed by atoms with Gasteiger partial charge in [0.05, 0.1) is 5.69 Å². The second-order valence-corrected chi connectivity index (χ2v) is 8.22. The zero-order valence-electron chi connectivity index (χ0n) is 17.1. The number of hydrogen-bond donors (Lipinski definition) is 2. The summed E-state index contributed by atoms with van der Waals surface area (Å²) < 4.78 is 5.99. The first kappa shape index (κ1) is 21.0. The van der Waals surface area contributed by atoms with Gasteiger partial charge in [0.15, 0.2) is 0 Å². The lowest BCUT2D eigenvalue weighted by molar-refractivity contribution is 0.461. The van der Waals surface area contributed by atoms with E-state index in [-0.39, 0.29) is 11.0 Å². The van der Waals surface area contributed by atoms with Crippen LogP contribution in [0.25, 0.3) is 11.5 Å². The standard InChI is InChI=1S/C23H23N5O2S/c1-2-31-21(19-5-3-4-6-20(19)29)23-28-27-22(30-23)17-9-7-16(8-10-17)13-25-14-18-11-12-24-15-26-18/h3-12,15,21,25,29H,2,13-14H2,1H3. The van der Waals surface area contributed by atoms with E-state index in [0.717, 1.165) is 34.7 Å². The highest BCUT2D eigenvalue weighted by Crippen LogP contribution is 2.39. The minimum Gasteiger partial charge on any atom is -0.508 e. The van der Waals surface area contributed by atoms with Crippen LogP contribution < -0.4 is 5.32 Å². The number of phenols is 1. The zero-order valence-corrected chi connectivity index (χ0v) is 17.9. The van der Waals surface area contributed by atoms with Crippen LogP contribution in [0.15, 0.2) is 71.5 Å². The van der Waals surface area contributed by atoms with E-state index in [1.54, 1.807) is 36.4 Å². The lowest BCUT2D eigenvalue weighted by Crippen LogP contribution is -2.13. The summed E-state index contributed by atoms with van der Waals surface area (Å²) in [5.41, 5.74) is 3.73. The van der Waals surface area contributed by atoms with Gasteiger partial charge >= 0.3 is 0 Å². The Bertz CT molecular complexity index is 1100. The number of rotatable bonds is 9. The minimum atomic E-state index is -0.210. The van der Waals surface area contributed by atoms with E-state index in [1.165, 1.54) is 0 Å². The summed E-state index contributed by atoms with van der Waals surface area (Å²) in [6, 6.07) is 17.2. The van der Waals surface area contributed by atoms with Crippen molar-refractivity contribution in [1.82, 2.24) is 25.5 Å². The van der Waals surface area contributed by atoms with Crippen molar-refractivity contribution >= 4 is 11.8 Å². The van der Waals surface area contributed by atoms with E-state index in [1.807, 2.05) is 42.5 Å². The molecule has 31 heavy (non-hydrogen) atoms. The number of phenolic OH excluding ortho intramolecular Hbond substituents is 1. The van der Waals surface area contributed by atoms with E-state index in [0.29, 0.717) is 18.3 Å². The van der Waals surface area contributed by atoms with Gasteiger partial charge in [0.1, 0.15) is 17.3 Å². The second-order valence-electron chi connectivity index (χ2n) is 6.84. The molecule has 0 saturated heterocycles. The van der Waals surface area contributed by atoms with Crippen LogP contribution in [0.4, 0.5) is 0 Å². The second kappa shape index (κ2) is 10.2. The summed E-state index contributed by atoms with van der Waals surface area (Å²) in [7, 11) is 0. The molecule has 8 heteroatoms. The summed E-state index contributed by atoms with van der Waals surface area (Å²) in [6.07, 6.45) is 3.29. The van der Waals surface area contributed by atoms with Crippen molar-refractivity contribution in [3.63, 3.8) is 0 Å². The van der Waals surface area contributed by atoms with Crippen molar-refractivity contribution in [2.24, 2.45) is 0 Å². The molecule has 0 spiro atoms. The Hall–Kier alpha value is -3.23. The number of thioether (sulfide) groups is 1. The van der Waals surface area contributed by atoms with Gasteiger partial charge in [-0.15, -0.1) is 22.0 Å². The molecule has 2 N–H and O–H groups in total. The van der Waals surface area contributed by atoms with E-state index < -0.39 is 0 Å². The predicted molar refractivity (Wildman–Crippen MR) is 120 cm³/mol. The van der Waals surface area contributed by atoms with E-state index >= 15 is 0 Å². The molecule has 0 saturated carbocycles.